The summed E-state index contributed by atoms with van der Waals surface area (Å²) in [6.07, 6.45) is 2.21. The molecule has 0 aromatic heterocycles. The van der Waals surface area contributed by atoms with Crippen LogP contribution >= 0.6 is 15.9 Å². The van der Waals surface area contributed by atoms with Gasteiger partial charge < -0.3 is 0 Å². The Hall–Kier alpha value is -0.440. The molecular weight excluding hydrogens is 170 g/mol. The molecule has 0 heterocycles. The van der Waals surface area contributed by atoms with Crippen LogP contribution < -0.4 is 0 Å². The summed E-state index contributed by atoms with van der Waals surface area (Å²) in [5.74, 6) is 0. The molecule has 0 aliphatic rings. The molecule has 44 valence electrons. The number of carbonyl (C=O) groups is 1. The zero-order valence-electron chi connectivity index (χ0n) is 4.44. The van der Waals surface area contributed by atoms with E-state index in [1.807, 2.05) is 0 Å². The standard InChI is InChI=1S/C5H6BrNO/c1-2-4(3-8)5(6)7/h2-3,7H,1H3/b4-2-,7-5?. The van der Waals surface area contributed by atoms with Crippen LogP contribution in [0.2, 0.25) is 0 Å². The van der Waals surface area contributed by atoms with Crippen molar-refractivity contribution in [2.75, 3.05) is 0 Å². The van der Waals surface area contributed by atoms with Crippen LogP contribution in [0.15, 0.2) is 11.6 Å². The first kappa shape index (κ1) is 7.56. The van der Waals surface area contributed by atoms with Gasteiger partial charge in [0, 0.05) is 5.57 Å². The van der Waals surface area contributed by atoms with Gasteiger partial charge in [0.15, 0.2) is 6.29 Å². The monoisotopic (exact) mass is 175 g/mol. The minimum Gasteiger partial charge on any atom is -0.298 e. The fourth-order valence-corrected chi connectivity index (χ4v) is 0.569. The molecule has 0 amide bonds. The summed E-state index contributed by atoms with van der Waals surface area (Å²) in [5.41, 5.74) is 0.380. The summed E-state index contributed by atoms with van der Waals surface area (Å²) >= 11 is 2.84. The van der Waals surface area contributed by atoms with Crippen LogP contribution in [0.25, 0.3) is 0 Å². The van der Waals surface area contributed by atoms with Gasteiger partial charge in [-0.15, -0.1) is 0 Å². The molecule has 1 N–H and O–H groups in total. The number of allylic oxidation sites excluding steroid dienone is 2. The van der Waals surface area contributed by atoms with E-state index in [0.717, 1.165) is 0 Å². The average Bonchev–Trinajstić information content (AvgIpc) is 1.69. The normalized spacial score (nSPS) is 11.0. The van der Waals surface area contributed by atoms with Gasteiger partial charge in [0.05, 0.1) is 0 Å². The van der Waals surface area contributed by atoms with Gasteiger partial charge in [-0.25, -0.2) is 0 Å². The summed E-state index contributed by atoms with van der Waals surface area (Å²) in [6.45, 7) is 1.71. The molecule has 0 saturated carbocycles. The Morgan fingerprint density at radius 1 is 1.75 bits per heavy atom. The van der Waals surface area contributed by atoms with E-state index >= 15 is 0 Å². The minimum absolute atomic E-state index is 0.134. The molecule has 0 spiro atoms. The highest BCUT2D eigenvalue weighted by molar-refractivity contribution is 9.18. The molecule has 3 heteroatoms. The molecule has 0 aliphatic carbocycles. The van der Waals surface area contributed by atoms with Crippen molar-refractivity contribution in [1.82, 2.24) is 0 Å². The first-order valence-electron chi connectivity index (χ1n) is 2.08. The number of halogens is 1. The second kappa shape index (κ2) is 3.55. The highest BCUT2D eigenvalue weighted by Gasteiger charge is 1.94. The molecule has 0 radical (unpaired) electrons. The van der Waals surface area contributed by atoms with Gasteiger partial charge in [0.2, 0.25) is 0 Å². The number of carbonyl (C=O) groups excluding carboxylic acids is 1. The molecule has 0 atom stereocenters. The third kappa shape index (κ3) is 2.02. The zero-order valence-corrected chi connectivity index (χ0v) is 6.03. The number of rotatable bonds is 2. The van der Waals surface area contributed by atoms with Crippen LogP contribution in [0.5, 0.6) is 0 Å². The Morgan fingerprint density at radius 2 is 2.25 bits per heavy atom. The summed E-state index contributed by atoms with van der Waals surface area (Å²) in [7, 11) is 0. The van der Waals surface area contributed by atoms with Crippen molar-refractivity contribution in [2.24, 2.45) is 0 Å². The van der Waals surface area contributed by atoms with Crippen LogP contribution in [-0.2, 0) is 4.79 Å². The highest BCUT2D eigenvalue weighted by atomic mass is 79.9. The van der Waals surface area contributed by atoms with Crippen molar-refractivity contribution in [2.45, 2.75) is 6.92 Å². The Kier molecular flexibility index (Phi) is 3.35. The SMILES string of the molecule is C/C=C(/C=O)C(=N)Br. The largest absolute Gasteiger partial charge is 0.298 e. The quantitative estimate of drug-likeness (QED) is 0.386. The molecular formula is C5H6BrNO. The molecule has 0 bridgehead atoms. The summed E-state index contributed by atoms with van der Waals surface area (Å²) in [4.78, 5) is 9.94. The third-order valence-electron chi connectivity index (χ3n) is 0.691. The average molecular weight is 176 g/mol. The van der Waals surface area contributed by atoms with E-state index in [2.05, 4.69) is 15.9 Å². The van der Waals surface area contributed by atoms with Gasteiger partial charge in [-0.05, 0) is 22.9 Å². The molecule has 0 fully saturated rings. The van der Waals surface area contributed by atoms with Crippen molar-refractivity contribution >= 4 is 26.8 Å². The van der Waals surface area contributed by atoms with E-state index in [1.54, 1.807) is 13.0 Å². The number of aldehydes is 1. The van der Waals surface area contributed by atoms with E-state index in [9.17, 15) is 4.79 Å². The molecule has 0 aromatic rings. The Labute approximate surface area is 56.2 Å². The van der Waals surface area contributed by atoms with E-state index < -0.39 is 0 Å². The molecule has 0 aromatic carbocycles. The lowest BCUT2D eigenvalue weighted by molar-refractivity contribution is -0.104. The van der Waals surface area contributed by atoms with E-state index in [4.69, 9.17) is 5.41 Å². The van der Waals surface area contributed by atoms with Gasteiger partial charge in [-0.1, -0.05) is 6.08 Å². The maximum Gasteiger partial charge on any atom is 0.152 e. The molecule has 0 unspecified atom stereocenters. The molecule has 0 saturated heterocycles. The molecule has 0 aliphatic heterocycles. The van der Waals surface area contributed by atoms with Crippen molar-refractivity contribution < 1.29 is 4.79 Å². The summed E-state index contributed by atoms with van der Waals surface area (Å²) in [6, 6.07) is 0. The van der Waals surface area contributed by atoms with Crippen molar-refractivity contribution in [3.8, 4) is 0 Å². The van der Waals surface area contributed by atoms with Crippen LogP contribution in [-0.4, -0.2) is 10.9 Å². The first-order valence-corrected chi connectivity index (χ1v) is 2.87. The molecule has 2 nitrogen and oxygen atoms in total. The fraction of sp³-hybridized carbons (Fsp3) is 0.200. The van der Waals surface area contributed by atoms with Gasteiger partial charge in [0.25, 0.3) is 0 Å². The van der Waals surface area contributed by atoms with Gasteiger partial charge in [-0.2, -0.15) is 0 Å². The number of hydrogen-bond donors (Lipinski definition) is 1. The minimum atomic E-state index is 0.134. The predicted octanol–water partition coefficient (Wildman–Crippen LogP) is 1.50. The predicted molar refractivity (Wildman–Crippen MR) is 36.5 cm³/mol. The lowest BCUT2D eigenvalue weighted by atomic mass is 10.3. The van der Waals surface area contributed by atoms with Crippen molar-refractivity contribution in [3.63, 3.8) is 0 Å². The van der Waals surface area contributed by atoms with Crippen molar-refractivity contribution in [3.05, 3.63) is 11.6 Å². The van der Waals surface area contributed by atoms with Crippen LogP contribution in [0.4, 0.5) is 0 Å². The van der Waals surface area contributed by atoms with E-state index in [0.29, 0.717) is 11.9 Å². The van der Waals surface area contributed by atoms with Gasteiger partial charge >= 0.3 is 0 Å². The van der Waals surface area contributed by atoms with Gasteiger partial charge in [0.1, 0.15) is 4.62 Å². The second-order valence-corrected chi connectivity index (χ2v) is 1.97. The fourth-order valence-electron chi connectivity index (χ4n) is 0.246. The Morgan fingerprint density at radius 3 is 2.25 bits per heavy atom. The Balaban J connectivity index is 4.13. The maximum absolute atomic E-state index is 9.94. The molecule has 0 rings (SSSR count). The van der Waals surface area contributed by atoms with Crippen molar-refractivity contribution in [1.29, 1.82) is 5.41 Å². The third-order valence-corrected chi connectivity index (χ3v) is 1.15. The maximum atomic E-state index is 9.94. The Bertz CT molecular complexity index is 139. The number of hydrogen-bond acceptors (Lipinski definition) is 2. The summed E-state index contributed by atoms with van der Waals surface area (Å²) < 4.78 is 0.134. The zero-order chi connectivity index (χ0) is 6.57. The van der Waals surface area contributed by atoms with Crippen LogP contribution in [0, 0.1) is 5.41 Å². The number of nitrogens with one attached hydrogen (secondary N) is 1. The van der Waals surface area contributed by atoms with Crippen LogP contribution in [0.3, 0.4) is 0 Å². The van der Waals surface area contributed by atoms with Gasteiger partial charge in [-0.3, -0.25) is 10.2 Å². The van der Waals surface area contributed by atoms with E-state index in [1.165, 1.54) is 0 Å². The van der Waals surface area contributed by atoms with E-state index in [-0.39, 0.29) is 4.62 Å². The van der Waals surface area contributed by atoms with Crippen LogP contribution in [0.1, 0.15) is 6.92 Å². The smallest absolute Gasteiger partial charge is 0.152 e. The highest BCUT2D eigenvalue weighted by Crippen LogP contribution is 1.97. The lowest BCUT2D eigenvalue weighted by Gasteiger charge is -1.86. The lowest BCUT2D eigenvalue weighted by Crippen LogP contribution is -1.90. The first-order chi connectivity index (χ1) is 3.72. The second-order valence-electron chi connectivity index (χ2n) is 1.18. The summed E-state index contributed by atoms with van der Waals surface area (Å²) in [5, 5.41) is 6.87. The molecule has 8 heavy (non-hydrogen) atoms. The topological polar surface area (TPSA) is 40.9 Å².